The Hall–Kier alpha value is -3.17. The number of aryl methyl sites for hydroxylation is 1. The molecule has 0 saturated heterocycles. The summed E-state index contributed by atoms with van der Waals surface area (Å²) in [6, 6.07) is 0. The fraction of sp³-hybridized carbons (Fsp3) is 0.474. The van der Waals surface area contributed by atoms with Gasteiger partial charge in [-0.3, -0.25) is 4.79 Å². The molecule has 1 aliphatic heterocycles. The maximum atomic E-state index is 13.9. The topological polar surface area (TPSA) is 118 Å². The predicted octanol–water partition coefficient (Wildman–Crippen LogP) is 2.66. The summed E-state index contributed by atoms with van der Waals surface area (Å²) in [5.74, 6) is -0.591. The van der Waals surface area contributed by atoms with Gasteiger partial charge in [-0.25, -0.2) is 23.9 Å². The first-order chi connectivity index (χ1) is 13.7. The van der Waals surface area contributed by atoms with Crippen molar-refractivity contribution in [3.8, 4) is 17.4 Å². The minimum atomic E-state index is -0.970. The number of halogens is 1. The van der Waals surface area contributed by atoms with Crippen molar-refractivity contribution in [2.45, 2.75) is 52.6 Å². The molecule has 10 heteroatoms. The standard InChI is InChI=1S/C19H22FN7O2/c1-9-13-15(26-17(9)28)24-14(25-18(13)29)12-7-27-16(21-8-22-27)11(23-12)5-6-19(3,4)10(2)20/h7-10H,5-6H2,1-4H3,(H2,24,25,26,28,29)/t9-,10?/m1/s1. The second kappa shape index (κ2) is 6.71. The molecule has 2 N–H and O–H groups in total. The van der Waals surface area contributed by atoms with Crippen molar-refractivity contribution in [3.05, 3.63) is 23.8 Å². The van der Waals surface area contributed by atoms with Crippen LogP contribution >= 0.6 is 0 Å². The van der Waals surface area contributed by atoms with Gasteiger partial charge in [0, 0.05) is 0 Å². The highest BCUT2D eigenvalue weighted by molar-refractivity contribution is 6.02. The molecule has 4 heterocycles. The number of aromatic hydroxyl groups is 1. The molecule has 4 rings (SSSR count). The molecular formula is C19H22FN7O2. The Balaban J connectivity index is 1.75. The van der Waals surface area contributed by atoms with E-state index in [1.807, 2.05) is 13.8 Å². The minimum absolute atomic E-state index is 0.160. The van der Waals surface area contributed by atoms with Gasteiger partial charge >= 0.3 is 0 Å². The third-order valence-corrected chi connectivity index (χ3v) is 5.64. The van der Waals surface area contributed by atoms with Crippen LogP contribution in [0.2, 0.25) is 0 Å². The van der Waals surface area contributed by atoms with Crippen molar-refractivity contribution in [1.82, 2.24) is 29.5 Å². The van der Waals surface area contributed by atoms with Crippen molar-refractivity contribution in [1.29, 1.82) is 0 Å². The van der Waals surface area contributed by atoms with Crippen LogP contribution in [0.1, 0.15) is 51.3 Å². The van der Waals surface area contributed by atoms with Crippen LogP contribution in [0, 0.1) is 5.41 Å². The molecule has 0 saturated carbocycles. The van der Waals surface area contributed by atoms with Crippen LogP contribution in [0.25, 0.3) is 17.2 Å². The Labute approximate surface area is 166 Å². The van der Waals surface area contributed by atoms with E-state index in [0.29, 0.717) is 35.4 Å². The van der Waals surface area contributed by atoms with Gasteiger partial charge in [0.1, 0.15) is 24.0 Å². The van der Waals surface area contributed by atoms with Gasteiger partial charge in [0.2, 0.25) is 11.8 Å². The van der Waals surface area contributed by atoms with Gasteiger partial charge in [0.05, 0.1) is 23.4 Å². The Morgan fingerprint density at radius 2 is 2.10 bits per heavy atom. The molecule has 0 aromatic carbocycles. The summed E-state index contributed by atoms with van der Waals surface area (Å²) >= 11 is 0. The van der Waals surface area contributed by atoms with Crippen molar-refractivity contribution in [2.24, 2.45) is 5.41 Å². The molecule has 0 aliphatic carbocycles. The Morgan fingerprint density at radius 3 is 2.83 bits per heavy atom. The number of rotatable bonds is 5. The summed E-state index contributed by atoms with van der Waals surface area (Å²) < 4.78 is 15.4. The molecule has 0 bridgehead atoms. The van der Waals surface area contributed by atoms with Crippen LogP contribution in [-0.2, 0) is 11.2 Å². The molecule has 1 unspecified atom stereocenters. The van der Waals surface area contributed by atoms with E-state index in [1.165, 1.54) is 6.33 Å². The van der Waals surface area contributed by atoms with E-state index in [-0.39, 0.29) is 23.4 Å². The van der Waals surface area contributed by atoms with Crippen molar-refractivity contribution in [2.75, 3.05) is 5.32 Å². The predicted molar refractivity (Wildman–Crippen MR) is 103 cm³/mol. The lowest BCUT2D eigenvalue weighted by molar-refractivity contribution is -0.116. The molecule has 152 valence electrons. The average molecular weight is 399 g/mol. The molecular weight excluding hydrogens is 377 g/mol. The molecule has 0 radical (unpaired) electrons. The monoisotopic (exact) mass is 399 g/mol. The average Bonchev–Trinajstić information content (AvgIpc) is 3.24. The Kier molecular flexibility index (Phi) is 4.44. The lowest BCUT2D eigenvalue weighted by atomic mass is 9.83. The molecule has 3 aromatic heterocycles. The molecule has 0 fully saturated rings. The quantitative estimate of drug-likeness (QED) is 0.677. The lowest BCUT2D eigenvalue weighted by Gasteiger charge is -2.26. The summed E-state index contributed by atoms with van der Waals surface area (Å²) in [4.78, 5) is 29.3. The third-order valence-electron chi connectivity index (χ3n) is 5.64. The maximum Gasteiger partial charge on any atom is 0.233 e. The van der Waals surface area contributed by atoms with Crippen molar-refractivity contribution in [3.63, 3.8) is 0 Å². The van der Waals surface area contributed by atoms with Gasteiger partial charge < -0.3 is 10.4 Å². The zero-order chi connectivity index (χ0) is 20.9. The van der Waals surface area contributed by atoms with E-state index in [4.69, 9.17) is 0 Å². The smallest absolute Gasteiger partial charge is 0.233 e. The molecule has 3 aromatic rings. The highest BCUT2D eigenvalue weighted by atomic mass is 19.1. The van der Waals surface area contributed by atoms with Crippen molar-refractivity contribution >= 4 is 17.4 Å². The Morgan fingerprint density at radius 1 is 1.34 bits per heavy atom. The summed E-state index contributed by atoms with van der Waals surface area (Å²) in [5.41, 5.74) is 1.44. The SMILES string of the molecule is CC(F)C(C)(C)CCc1nc(-c2nc(O)c3c(n2)NC(=O)[C@@H]3C)cn2ncnc12. The highest BCUT2D eigenvalue weighted by Gasteiger charge is 2.33. The zero-order valence-electron chi connectivity index (χ0n) is 16.6. The number of nitrogens with one attached hydrogen (secondary N) is 1. The molecule has 2 atom stereocenters. The number of hydrogen-bond donors (Lipinski definition) is 2. The fourth-order valence-corrected chi connectivity index (χ4v) is 3.23. The zero-order valence-corrected chi connectivity index (χ0v) is 16.6. The molecule has 9 nitrogen and oxygen atoms in total. The lowest BCUT2D eigenvalue weighted by Crippen LogP contribution is -2.23. The summed E-state index contributed by atoms with van der Waals surface area (Å²) in [7, 11) is 0. The first-order valence-corrected chi connectivity index (χ1v) is 9.43. The number of carbonyl (C=O) groups is 1. The van der Waals surface area contributed by atoms with Gasteiger partial charge in [-0.15, -0.1) is 0 Å². The van der Waals surface area contributed by atoms with Crippen LogP contribution in [-0.4, -0.2) is 46.7 Å². The van der Waals surface area contributed by atoms with Gasteiger partial charge in [-0.1, -0.05) is 13.8 Å². The summed E-state index contributed by atoms with van der Waals surface area (Å²) in [5, 5.41) is 17.1. The van der Waals surface area contributed by atoms with Gasteiger partial charge in [-0.05, 0) is 32.1 Å². The van der Waals surface area contributed by atoms with Crippen LogP contribution in [0.5, 0.6) is 5.88 Å². The molecule has 1 amide bonds. The number of alkyl halides is 1. The van der Waals surface area contributed by atoms with Gasteiger partial charge in [-0.2, -0.15) is 10.1 Å². The minimum Gasteiger partial charge on any atom is -0.493 e. The van der Waals surface area contributed by atoms with Crippen LogP contribution in [0.4, 0.5) is 10.2 Å². The van der Waals surface area contributed by atoms with E-state index in [2.05, 4.69) is 30.4 Å². The first kappa shape index (κ1) is 19.2. The summed E-state index contributed by atoms with van der Waals surface area (Å²) in [6.45, 7) is 6.96. The normalized spacial score (nSPS) is 17.4. The number of amides is 1. The number of hydrogen-bond acceptors (Lipinski definition) is 7. The number of aromatic nitrogens is 6. The van der Waals surface area contributed by atoms with Gasteiger partial charge in [0.25, 0.3) is 0 Å². The molecule has 29 heavy (non-hydrogen) atoms. The van der Waals surface area contributed by atoms with Crippen LogP contribution < -0.4 is 5.32 Å². The second-order valence-corrected chi connectivity index (χ2v) is 8.05. The second-order valence-electron chi connectivity index (χ2n) is 8.05. The van der Waals surface area contributed by atoms with Gasteiger partial charge in [0.15, 0.2) is 11.5 Å². The van der Waals surface area contributed by atoms with E-state index in [1.54, 1.807) is 24.6 Å². The highest BCUT2D eigenvalue weighted by Crippen LogP contribution is 2.37. The number of carbonyl (C=O) groups excluding carboxylic acids is 1. The molecule has 0 spiro atoms. The van der Waals surface area contributed by atoms with Crippen LogP contribution in [0.3, 0.4) is 0 Å². The van der Waals surface area contributed by atoms with E-state index < -0.39 is 17.5 Å². The van der Waals surface area contributed by atoms with E-state index >= 15 is 0 Å². The number of anilines is 1. The number of nitrogens with zero attached hydrogens (tertiary/aromatic N) is 6. The molecule has 1 aliphatic rings. The number of fused-ring (bicyclic) bond motifs is 2. The fourth-order valence-electron chi connectivity index (χ4n) is 3.23. The van der Waals surface area contributed by atoms with Crippen molar-refractivity contribution < 1.29 is 14.3 Å². The van der Waals surface area contributed by atoms with E-state index in [9.17, 15) is 14.3 Å². The largest absolute Gasteiger partial charge is 0.493 e. The van der Waals surface area contributed by atoms with E-state index in [0.717, 1.165) is 0 Å². The summed E-state index contributed by atoms with van der Waals surface area (Å²) in [6.07, 6.45) is 3.10. The maximum absolute atomic E-state index is 13.9. The Bertz CT molecular complexity index is 1110. The van der Waals surface area contributed by atoms with Crippen LogP contribution in [0.15, 0.2) is 12.5 Å². The first-order valence-electron chi connectivity index (χ1n) is 9.43. The third kappa shape index (κ3) is 3.28.